The van der Waals surface area contributed by atoms with Crippen LogP contribution in [0.2, 0.25) is 0 Å². The van der Waals surface area contributed by atoms with Crippen LogP contribution in [-0.4, -0.2) is 59.0 Å². The largest absolute Gasteiger partial charge is 0.480 e. The fourth-order valence-corrected chi connectivity index (χ4v) is 1.32. The van der Waals surface area contributed by atoms with E-state index in [2.05, 4.69) is 5.32 Å². The summed E-state index contributed by atoms with van der Waals surface area (Å²) in [4.78, 5) is 35.7. The van der Waals surface area contributed by atoms with Gasteiger partial charge in [-0.25, -0.2) is 14.4 Å². The van der Waals surface area contributed by atoms with Crippen LogP contribution in [0.15, 0.2) is 0 Å². The van der Waals surface area contributed by atoms with Gasteiger partial charge in [0.25, 0.3) is 0 Å². The Bertz CT molecular complexity index is 422. The molecule has 0 aromatic heterocycles. The Labute approximate surface area is 130 Å². The van der Waals surface area contributed by atoms with Crippen molar-refractivity contribution in [2.75, 3.05) is 13.6 Å². The molecular weight excluding hydrogens is 292 g/mol. The summed E-state index contributed by atoms with van der Waals surface area (Å²) in [6, 6.07) is -1.30. The number of carbonyl (C=O) groups excluding carboxylic acids is 2. The molecular formula is C14H26N2O6. The molecule has 0 bridgehead atoms. The molecule has 0 rings (SSSR count). The second-order valence-corrected chi connectivity index (χ2v) is 6.90. The van der Waals surface area contributed by atoms with Gasteiger partial charge in [-0.3, -0.25) is 0 Å². The number of carboxylic acid groups (broad SMARTS) is 1. The van der Waals surface area contributed by atoms with Gasteiger partial charge < -0.3 is 24.8 Å². The summed E-state index contributed by atoms with van der Waals surface area (Å²) in [7, 11) is 1.39. The molecule has 0 radical (unpaired) electrons. The third-order valence-electron chi connectivity index (χ3n) is 2.15. The van der Waals surface area contributed by atoms with Gasteiger partial charge >= 0.3 is 18.2 Å². The number of amides is 2. The van der Waals surface area contributed by atoms with Crippen LogP contribution in [0.1, 0.15) is 41.5 Å². The van der Waals surface area contributed by atoms with Crippen molar-refractivity contribution in [3.8, 4) is 0 Å². The number of rotatable bonds is 4. The molecule has 1 atom stereocenters. The average molecular weight is 318 g/mol. The van der Waals surface area contributed by atoms with Crippen LogP contribution in [0.4, 0.5) is 9.59 Å². The van der Waals surface area contributed by atoms with E-state index >= 15 is 0 Å². The van der Waals surface area contributed by atoms with Crippen molar-refractivity contribution in [3.05, 3.63) is 0 Å². The number of alkyl carbamates (subject to hydrolysis) is 1. The van der Waals surface area contributed by atoms with Crippen molar-refractivity contribution < 1.29 is 29.0 Å². The topological polar surface area (TPSA) is 105 Å². The van der Waals surface area contributed by atoms with Crippen molar-refractivity contribution in [3.63, 3.8) is 0 Å². The zero-order chi connectivity index (χ0) is 17.7. The molecule has 0 spiro atoms. The van der Waals surface area contributed by atoms with E-state index in [1.807, 2.05) is 0 Å². The summed E-state index contributed by atoms with van der Waals surface area (Å²) in [5.74, 6) is -1.28. The van der Waals surface area contributed by atoms with Crippen LogP contribution < -0.4 is 5.32 Å². The van der Waals surface area contributed by atoms with Crippen molar-refractivity contribution in [1.29, 1.82) is 0 Å². The predicted molar refractivity (Wildman–Crippen MR) is 79.7 cm³/mol. The lowest BCUT2D eigenvalue weighted by Crippen LogP contribution is -2.50. The number of nitrogens with zero attached hydrogens (tertiary/aromatic N) is 1. The van der Waals surface area contributed by atoms with Gasteiger partial charge in [-0.2, -0.15) is 0 Å². The van der Waals surface area contributed by atoms with E-state index in [-0.39, 0.29) is 6.54 Å². The summed E-state index contributed by atoms with van der Waals surface area (Å²) in [6.45, 7) is 9.84. The monoisotopic (exact) mass is 318 g/mol. The van der Waals surface area contributed by atoms with Crippen LogP contribution in [0.5, 0.6) is 0 Å². The maximum Gasteiger partial charge on any atom is 0.410 e. The molecule has 0 aliphatic carbocycles. The van der Waals surface area contributed by atoms with Gasteiger partial charge in [-0.15, -0.1) is 0 Å². The molecule has 0 saturated carbocycles. The maximum absolute atomic E-state index is 11.8. The van der Waals surface area contributed by atoms with Crippen molar-refractivity contribution in [2.45, 2.75) is 58.8 Å². The van der Waals surface area contributed by atoms with E-state index in [9.17, 15) is 14.4 Å². The smallest absolute Gasteiger partial charge is 0.410 e. The Hall–Kier alpha value is -1.99. The highest BCUT2D eigenvalue weighted by molar-refractivity contribution is 5.81. The van der Waals surface area contributed by atoms with Crippen molar-refractivity contribution in [2.24, 2.45) is 0 Å². The summed E-state index contributed by atoms with van der Waals surface area (Å²) in [6.07, 6.45) is -1.54. The molecule has 0 fully saturated rings. The fraction of sp³-hybridized carbons (Fsp3) is 0.786. The Balaban J connectivity index is 4.69. The number of ether oxygens (including phenoxy) is 2. The quantitative estimate of drug-likeness (QED) is 0.819. The molecule has 0 aliphatic rings. The highest BCUT2D eigenvalue weighted by Gasteiger charge is 2.28. The van der Waals surface area contributed by atoms with Gasteiger partial charge in [0.15, 0.2) is 0 Å². The zero-order valence-electron chi connectivity index (χ0n) is 14.2. The third kappa shape index (κ3) is 9.04. The van der Waals surface area contributed by atoms with E-state index in [1.54, 1.807) is 41.5 Å². The summed E-state index contributed by atoms with van der Waals surface area (Å²) >= 11 is 0. The van der Waals surface area contributed by atoms with Crippen LogP contribution in [0, 0.1) is 0 Å². The zero-order valence-corrected chi connectivity index (χ0v) is 14.2. The molecule has 0 saturated heterocycles. The number of nitrogens with one attached hydrogen (secondary N) is 1. The molecule has 8 nitrogen and oxygen atoms in total. The molecule has 0 aliphatic heterocycles. The minimum absolute atomic E-state index is 0.247. The Morgan fingerprint density at radius 2 is 1.50 bits per heavy atom. The molecule has 128 valence electrons. The minimum atomic E-state index is -1.30. The number of hydrogen-bond acceptors (Lipinski definition) is 5. The van der Waals surface area contributed by atoms with Gasteiger partial charge in [-0.1, -0.05) is 0 Å². The second kappa shape index (κ2) is 7.33. The van der Waals surface area contributed by atoms with Gasteiger partial charge in [0.05, 0.1) is 6.54 Å². The standard InChI is InChI=1S/C14H26N2O6/c1-13(2,3)21-11(19)15-9(10(17)18)8-16(7)12(20)22-14(4,5)6/h9H,8H2,1-7H3,(H,15,19)(H,17,18)/t9-/m0/s1. The van der Waals surface area contributed by atoms with E-state index in [0.29, 0.717) is 0 Å². The first-order valence-corrected chi connectivity index (χ1v) is 6.88. The molecule has 0 unspecified atom stereocenters. The first-order valence-electron chi connectivity index (χ1n) is 6.88. The SMILES string of the molecule is CN(C[C@H](NC(=O)OC(C)(C)C)C(=O)O)C(=O)OC(C)(C)C. The van der Waals surface area contributed by atoms with Crippen LogP contribution in [0.25, 0.3) is 0 Å². The molecule has 0 aromatic carbocycles. The average Bonchev–Trinajstić information content (AvgIpc) is 2.22. The van der Waals surface area contributed by atoms with E-state index < -0.39 is 35.4 Å². The lowest BCUT2D eigenvalue weighted by Gasteiger charge is -2.27. The molecule has 0 heterocycles. The maximum atomic E-state index is 11.8. The summed E-state index contributed by atoms with van der Waals surface area (Å²) in [5, 5.41) is 11.3. The summed E-state index contributed by atoms with van der Waals surface area (Å²) in [5.41, 5.74) is -1.44. The van der Waals surface area contributed by atoms with Gasteiger partial charge in [-0.05, 0) is 41.5 Å². The number of aliphatic carboxylic acids is 1. The van der Waals surface area contributed by atoms with Gasteiger partial charge in [0, 0.05) is 7.05 Å². The van der Waals surface area contributed by atoms with Gasteiger partial charge in [0.2, 0.25) is 0 Å². The first-order chi connectivity index (χ1) is 9.71. The Kier molecular flexibility index (Phi) is 6.66. The summed E-state index contributed by atoms with van der Waals surface area (Å²) < 4.78 is 10.1. The van der Waals surface area contributed by atoms with Crippen LogP contribution >= 0.6 is 0 Å². The Morgan fingerprint density at radius 3 is 1.86 bits per heavy atom. The first kappa shape index (κ1) is 20.0. The molecule has 22 heavy (non-hydrogen) atoms. The molecule has 0 aromatic rings. The third-order valence-corrected chi connectivity index (χ3v) is 2.15. The molecule has 2 amide bonds. The van der Waals surface area contributed by atoms with Crippen molar-refractivity contribution in [1.82, 2.24) is 10.2 Å². The van der Waals surface area contributed by atoms with Crippen LogP contribution in [-0.2, 0) is 14.3 Å². The number of likely N-dealkylation sites (N-methyl/N-ethyl adjacent to an activating group) is 1. The number of carboxylic acids is 1. The Morgan fingerprint density at radius 1 is 1.05 bits per heavy atom. The highest BCUT2D eigenvalue weighted by Crippen LogP contribution is 2.10. The second-order valence-electron chi connectivity index (χ2n) is 6.90. The molecule has 2 N–H and O–H groups in total. The molecule has 8 heteroatoms. The van der Waals surface area contributed by atoms with E-state index in [1.165, 1.54) is 7.05 Å². The number of hydrogen-bond donors (Lipinski definition) is 2. The minimum Gasteiger partial charge on any atom is -0.480 e. The fourth-order valence-electron chi connectivity index (χ4n) is 1.32. The lowest BCUT2D eigenvalue weighted by atomic mass is 10.2. The number of carbonyl (C=O) groups is 3. The van der Waals surface area contributed by atoms with Crippen molar-refractivity contribution >= 4 is 18.2 Å². The van der Waals surface area contributed by atoms with E-state index in [4.69, 9.17) is 14.6 Å². The van der Waals surface area contributed by atoms with Crippen LogP contribution in [0.3, 0.4) is 0 Å². The highest BCUT2D eigenvalue weighted by atomic mass is 16.6. The normalized spacial score (nSPS) is 13.0. The van der Waals surface area contributed by atoms with E-state index in [0.717, 1.165) is 4.90 Å². The van der Waals surface area contributed by atoms with Gasteiger partial charge in [0.1, 0.15) is 17.2 Å². The predicted octanol–water partition coefficient (Wildman–Crippen LogP) is 1.83. The lowest BCUT2D eigenvalue weighted by molar-refractivity contribution is -0.139.